The van der Waals surface area contributed by atoms with E-state index < -0.39 is 87.6 Å². The molecule has 0 saturated heterocycles. The predicted molar refractivity (Wildman–Crippen MR) is 356 cm³/mol. The maximum atomic E-state index is 13.2. The number of amides is 6. The van der Waals surface area contributed by atoms with Crippen LogP contribution < -0.4 is 60.3 Å². The first-order chi connectivity index (χ1) is 48.2. The van der Waals surface area contributed by atoms with Gasteiger partial charge >= 0.3 is 18.5 Å². The number of rotatable bonds is 8. The van der Waals surface area contributed by atoms with E-state index in [0.29, 0.717) is 117 Å². The van der Waals surface area contributed by atoms with Gasteiger partial charge in [-0.25, -0.2) is 0 Å². The van der Waals surface area contributed by atoms with Crippen LogP contribution in [0, 0.1) is 0 Å². The van der Waals surface area contributed by atoms with Gasteiger partial charge in [-0.3, -0.25) is 28.8 Å². The van der Waals surface area contributed by atoms with Crippen LogP contribution in [-0.4, -0.2) is 81.8 Å². The van der Waals surface area contributed by atoms with Crippen LogP contribution in [0.1, 0.15) is 138 Å². The molecule has 15 rings (SSSR count). The lowest BCUT2D eigenvalue weighted by Gasteiger charge is -2.46. The third kappa shape index (κ3) is 14.8. The Morgan fingerprint density at radius 1 is 0.471 bits per heavy atom. The van der Waals surface area contributed by atoms with Crippen molar-refractivity contribution < 1.29 is 102 Å². The largest absolute Gasteiger partial charge is 0.486 e. The molecule has 6 aromatic carbocycles. The summed E-state index contributed by atoms with van der Waals surface area (Å²) in [5.41, 5.74) is 0.817. The van der Waals surface area contributed by atoms with Gasteiger partial charge in [0, 0.05) is 84.3 Å². The van der Waals surface area contributed by atoms with Crippen molar-refractivity contribution in [3.05, 3.63) is 161 Å². The number of aliphatic hydroxyl groups is 1. The van der Waals surface area contributed by atoms with Crippen LogP contribution in [0.3, 0.4) is 0 Å². The third-order valence-electron chi connectivity index (χ3n) is 19.2. The van der Waals surface area contributed by atoms with Gasteiger partial charge in [-0.15, -0.1) is 0 Å². The zero-order chi connectivity index (χ0) is 72.5. The van der Waals surface area contributed by atoms with Gasteiger partial charge in [0.25, 0.3) is 17.7 Å². The van der Waals surface area contributed by atoms with Gasteiger partial charge in [0.05, 0.1) is 33.8 Å². The highest BCUT2D eigenvalue weighted by molar-refractivity contribution is 6.08. The average molecular weight is 1420 g/mol. The summed E-state index contributed by atoms with van der Waals surface area (Å²) in [7, 11) is 0. The van der Waals surface area contributed by atoms with Crippen LogP contribution in [0.5, 0.6) is 34.5 Å². The van der Waals surface area contributed by atoms with Gasteiger partial charge in [0.15, 0.2) is 17.8 Å². The highest BCUT2D eigenvalue weighted by Crippen LogP contribution is 2.54. The Morgan fingerprint density at radius 3 is 1.18 bits per heavy atom. The van der Waals surface area contributed by atoms with Gasteiger partial charge in [-0.1, -0.05) is 18.2 Å². The number of alkyl halides is 9. The van der Waals surface area contributed by atoms with E-state index in [0.717, 1.165) is 81.3 Å². The second kappa shape index (κ2) is 26.5. The molecule has 6 heterocycles. The summed E-state index contributed by atoms with van der Waals surface area (Å²) < 4.78 is 154. The average Bonchev–Trinajstić information content (AvgIpc) is 0.759. The summed E-state index contributed by atoms with van der Waals surface area (Å²) in [5, 5.41) is 25.5. The third-order valence-corrected chi connectivity index (χ3v) is 19.2. The fourth-order valence-corrected chi connectivity index (χ4v) is 13.4. The van der Waals surface area contributed by atoms with Gasteiger partial charge in [-0.05, 0) is 186 Å². The van der Waals surface area contributed by atoms with Crippen molar-refractivity contribution in [3.8, 4) is 34.5 Å². The summed E-state index contributed by atoms with van der Waals surface area (Å²) in [6.07, 6.45) is -2.06. The van der Waals surface area contributed by atoms with Crippen molar-refractivity contribution in [1.82, 2.24) is 0 Å². The van der Waals surface area contributed by atoms with E-state index >= 15 is 0 Å². The normalized spacial score (nSPS) is 21.3. The smallest absolute Gasteiger partial charge is 0.416 e. The number of carbonyl (C=O) groups excluding carboxylic acids is 6. The zero-order valence-electron chi connectivity index (χ0n) is 54.9. The van der Waals surface area contributed by atoms with E-state index in [1.165, 1.54) is 36.4 Å². The molecule has 2 unspecified atom stereocenters. The SMILES string of the molecule is CC1(C)Oc2ccc(NC(=O)/C=C3\CC4(CCC4)Oc4cc(C(F)(F)F)ccc43)cc2NC1=O.CC1Oc2ccc(NC(=O)/C=C3\CC4(CCC4)Oc4cc(C(F)(F)F)ccc43)cc2NC1=O.O=C(/C=C1\CC2(CCC2)Oc2cc(C(F)(F)F)ccc21)Nc1ccc2c(c1)NC(=O)C(CCO)O2. The lowest BCUT2D eigenvalue weighted by atomic mass is 9.72. The van der Waals surface area contributed by atoms with E-state index in [1.54, 1.807) is 75.4 Å². The van der Waals surface area contributed by atoms with Gasteiger partial charge in [0.1, 0.15) is 51.3 Å². The number of aliphatic hydroxyl groups excluding tert-OH is 1. The Hall–Kier alpha value is -10.5. The summed E-state index contributed by atoms with van der Waals surface area (Å²) in [5.74, 6) is -0.428. The first-order valence-electron chi connectivity index (χ1n) is 33.0. The van der Waals surface area contributed by atoms with Crippen molar-refractivity contribution in [2.24, 2.45) is 0 Å². The molecule has 534 valence electrons. The van der Waals surface area contributed by atoms with Crippen LogP contribution in [0.25, 0.3) is 16.7 Å². The molecule has 19 nitrogen and oxygen atoms in total. The summed E-state index contributed by atoms with van der Waals surface area (Å²) >= 11 is 0. The summed E-state index contributed by atoms with van der Waals surface area (Å²) in [6, 6.07) is 24.6. The maximum Gasteiger partial charge on any atom is 0.416 e. The Bertz CT molecular complexity index is 4530. The fraction of sp³-hybridized carbons (Fsp3) is 0.351. The number of fused-ring (bicyclic) bond motifs is 6. The minimum absolute atomic E-state index is 0.135. The lowest BCUT2D eigenvalue weighted by Crippen LogP contribution is -2.45. The molecule has 3 saturated carbocycles. The Labute approximate surface area is 577 Å². The first-order valence-corrected chi connectivity index (χ1v) is 33.0. The fourth-order valence-electron chi connectivity index (χ4n) is 13.4. The molecule has 6 aromatic rings. The van der Waals surface area contributed by atoms with Crippen LogP contribution in [-0.2, 0) is 47.3 Å². The number of benzene rings is 6. The molecule has 9 aliphatic rings. The molecule has 3 spiro atoms. The highest BCUT2D eigenvalue weighted by Gasteiger charge is 2.48. The Morgan fingerprint density at radius 2 is 0.824 bits per heavy atom. The van der Waals surface area contributed by atoms with Crippen LogP contribution in [0.2, 0.25) is 0 Å². The molecular weight excluding hydrogens is 1350 g/mol. The summed E-state index contributed by atoms with van der Waals surface area (Å²) in [6.45, 7) is 4.76. The molecule has 0 aromatic heterocycles. The number of halogens is 9. The monoisotopic (exact) mass is 1420 g/mol. The quantitative estimate of drug-likeness (QED) is 0.0554. The van der Waals surface area contributed by atoms with E-state index in [9.17, 15) is 68.3 Å². The number of hydrogen-bond acceptors (Lipinski definition) is 13. The van der Waals surface area contributed by atoms with E-state index in [1.807, 2.05) is 0 Å². The standard InChI is InChI=1S/C25H23F3N2O5.C25H23F3N2O4.C24H21F3N2O4/c26-25(27,28)15-2-4-17-14(13-24(7-1-8-24)35-21(17)11-15)10-22(32)29-16-3-5-19-18(12-16)30-23(33)20(34-19)6-9-31;1-23(2)22(32)30-18-12-16(5-7-19(18)33-23)29-21(31)10-14-13-24(8-3-9-24)34-20-11-15(25(26,27)28)4-6-17(14)20;1-13-22(31)29-18-11-16(4-6-19(18)32-13)28-21(30)9-14-12-23(7-2-8-23)33-20-10-15(24(25,26)27)3-5-17(14)20/h2-5,10-12,20,31H,1,6-9,13H2,(H,29,32)(H,30,33);4-7,10-12H,3,8-9,13H2,1-2H3,(H,29,31)(H,30,32);3-6,9-11,13H,2,7-8,12H2,1H3,(H,28,30)(H,29,31)/b2*14-10+;14-9+. The van der Waals surface area contributed by atoms with Crippen molar-refractivity contribution in [2.45, 2.75) is 157 Å². The highest BCUT2D eigenvalue weighted by atomic mass is 19.4. The molecule has 3 aliphatic carbocycles. The second-order valence-electron chi connectivity index (χ2n) is 27.1. The molecule has 102 heavy (non-hydrogen) atoms. The molecule has 6 aliphatic heterocycles. The van der Waals surface area contributed by atoms with Crippen LogP contribution in [0.4, 0.5) is 73.6 Å². The van der Waals surface area contributed by atoms with E-state index in [4.69, 9.17) is 33.5 Å². The number of anilines is 6. The lowest BCUT2D eigenvalue weighted by molar-refractivity contribution is -0.138. The minimum atomic E-state index is -4.49. The van der Waals surface area contributed by atoms with Crippen molar-refractivity contribution in [2.75, 3.05) is 38.5 Å². The molecule has 28 heteroatoms. The van der Waals surface area contributed by atoms with Crippen molar-refractivity contribution in [1.29, 1.82) is 0 Å². The topological polar surface area (TPSA) is 250 Å². The number of ether oxygens (including phenoxy) is 6. The zero-order valence-corrected chi connectivity index (χ0v) is 54.9. The predicted octanol–water partition coefficient (Wildman–Crippen LogP) is 15.2. The van der Waals surface area contributed by atoms with E-state index in [-0.39, 0.29) is 48.0 Å². The van der Waals surface area contributed by atoms with Crippen molar-refractivity contribution in [3.63, 3.8) is 0 Å². The Kier molecular flexibility index (Phi) is 18.1. The second-order valence-corrected chi connectivity index (χ2v) is 27.1. The number of hydrogen-bond donors (Lipinski definition) is 7. The minimum Gasteiger partial charge on any atom is -0.486 e. The molecule has 7 N–H and O–H groups in total. The molecule has 3 fully saturated rings. The van der Waals surface area contributed by atoms with Crippen molar-refractivity contribution >= 4 is 86.3 Å². The molecular formula is C74H67F9N6O13. The van der Waals surface area contributed by atoms with Crippen LogP contribution in [0.15, 0.2) is 127 Å². The van der Waals surface area contributed by atoms with Gasteiger partial charge in [-0.2, -0.15) is 39.5 Å². The van der Waals surface area contributed by atoms with Gasteiger partial charge in [0.2, 0.25) is 17.7 Å². The van der Waals surface area contributed by atoms with Gasteiger partial charge < -0.3 is 65.4 Å². The van der Waals surface area contributed by atoms with Crippen LogP contribution >= 0.6 is 0 Å². The molecule has 0 radical (unpaired) electrons. The number of nitrogens with one attached hydrogen (secondary N) is 6. The summed E-state index contributed by atoms with van der Waals surface area (Å²) in [4.78, 5) is 74.6. The van der Waals surface area contributed by atoms with E-state index in [2.05, 4.69) is 31.9 Å². The molecule has 6 amide bonds. The number of carbonyl (C=O) groups is 6. The first kappa shape index (κ1) is 69.9. The Balaban J connectivity index is 0.000000137. The molecule has 2 atom stereocenters. The molecule has 0 bridgehead atoms. The maximum absolute atomic E-state index is 13.2.